The summed E-state index contributed by atoms with van der Waals surface area (Å²) in [4.78, 5) is 53.0. The molecular weight excluding hydrogens is 482 g/mol. The van der Waals surface area contributed by atoms with Gasteiger partial charge in [-0.05, 0) is 36.5 Å². The van der Waals surface area contributed by atoms with E-state index in [1.807, 2.05) is 6.92 Å². The predicted molar refractivity (Wildman–Crippen MR) is 127 cm³/mol. The number of nitrogens with zero attached hydrogens (tertiary/aromatic N) is 3. The number of carboxylic acid groups (broad SMARTS) is 1. The lowest BCUT2D eigenvalue weighted by molar-refractivity contribution is -0.150. The zero-order valence-electron chi connectivity index (χ0n) is 19.5. The topological polar surface area (TPSA) is 197 Å². The minimum Gasteiger partial charge on any atom is -0.481 e. The second-order valence-electron chi connectivity index (χ2n) is 7.93. The van der Waals surface area contributed by atoms with E-state index in [9.17, 15) is 34.5 Å². The van der Waals surface area contributed by atoms with Gasteiger partial charge in [0.2, 0.25) is 11.8 Å². The Bertz CT molecular complexity index is 1000. The molecule has 194 valence electrons. The zero-order valence-corrected chi connectivity index (χ0v) is 20.3. The van der Waals surface area contributed by atoms with Crippen LogP contribution in [0.4, 0.5) is 5.82 Å². The van der Waals surface area contributed by atoms with Crippen molar-refractivity contribution in [2.75, 3.05) is 23.4 Å². The fraction of sp³-hybridized carbons (Fsp3) is 0.571. The van der Waals surface area contributed by atoms with E-state index in [2.05, 4.69) is 16.9 Å². The summed E-state index contributed by atoms with van der Waals surface area (Å²) in [6.45, 7) is 7.01. The highest BCUT2D eigenvalue weighted by molar-refractivity contribution is 7.99. The lowest BCUT2D eigenvalue weighted by Gasteiger charge is -2.28. The van der Waals surface area contributed by atoms with Crippen molar-refractivity contribution < 1.29 is 34.4 Å². The molecule has 0 spiro atoms. The molecule has 0 aliphatic carbocycles. The van der Waals surface area contributed by atoms with Crippen molar-refractivity contribution in [3.05, 3.63) is 34.9 Å². The van der Waals surface area contributed by atoms with Crippen LogP contribution in [0, 0.1) is 11.8 Å². The monoisotopic (exact) mass is 513 g/mol. The third-order valence-corrected chi connectivity index (χ3v) is 6.55. The van der Waals surface area contributed by atoms with Crippen LogP contribution in [0.25, 0.3) is 0 Å². The maximum absolute atomic E-state index is 12.7. The number of carbonyl (C=O) groups excluding carboxylic acids is 2. The van der Waals surface area contributed by atoms with Gasteiger partial charge in [-0.15, -0.1) is 0 Å². The molecule has 2 heterocycles. The molecule has 0 radical (unpaired) electrons. The first-order chi connectivity index (χ1) is 16.5. The van der Waals surface area contributed by atoms with E-state index < -0.39 is 53.9 Å². The van der Waals surface area contributed by atoms with E-state index >= 15 is 0 Å². The van der Waals surface area contributed by atoms with Gasteiger partial charge in [0.25, 0.3) is 0 Å². The standard InChI is InChI=1S/C21H31N5O8S/c1-4-35-9-5-6-15(27)26(22)12(3)16(20(31)32)17(28)23-14-7-8-25(21(33)24-14)18-11(2)13(10-34-18)19(29)30/h7-8,12-13,16,18-19,29-30H,2,4-6,9-10,22H2,1,3H3,(H,31,32)(H,23,24,28,33)/t12-,13+,16-,18+/m0/s1. The van der Waals surface area contributed by atoms with Gasteiger partial charge in [0.05, 0.1) is 18.6 Å². The normalized spacial score (nSPS) is 19.4. The molecule has 0 aromatic carbocycles. The van der Waals surface area contributed by atoms with Gasteiger partial charge in [0.15, 0.2) is 18.4 Å². The first-order valence-electron chi connectivity index (χ1n) is 10.9. The number of thioether (sulfide) groups is 1. The van der Waals surface area contributed by atoms with Crippen LogP contribution in [0.1, 0.15) is 32.9 Å². The molecule has 1 aliphatic rings. The van der Waals surface area contributed by atoms with Crippen molar-refractivity contribution in [2.24, 2.45) is 17.7 Å². The summed E-state index contributed by atoms with van der Waals surface area (Å²) in [5, 5.41) is 31.3. The minimum atomic E-state index is -1.72. The van der Waals surface area contributed by atoms with Crippen molar-refractivity contribution in [2.45, 2.75) is 45.2 Å². The molecule has 1 fully saturated rings. The minimum absolute atomic E-state index is 0.0595. The highest BCUT2D eigenvalue weighted by Gasteiger charge is 2.38. The molecule has 13 nitrogen and oxygen atoms in total. The van der Waals surface area contributed by atoms with Gasteiger partial charge in [-0.1, -0.05) is 13.5 Å². The van der Waals surface area contributed by atoms with Crippen molar-refractivity contribution in [3.63, 3.8) is 0 Å². The van der Waals surface area contributed by atoms with Crippen molar-refractivity contribution >= 4 is 35.4 Å². The van der Waals surface area contributed by atoms with Crippen molar-refractivity contribution in [1.29, 1.82) is 0 Å². The first kappa shape index (κ1) is 28.5. The van der Waals surface area contributed by atoms with Gasteiger partial charge in [0.1, 0.15) is 5.82 Å². The molecular formula is C21H31N5O8S. The number of aliphatic hydroxyl groups excluding tert-OH is 1. The summed E-state index contributed by atoms with van der Waals surface area (Å²) >= 11 is 1.66. The molecule has 14 heteroatoms. The summed E-state index contributed by atoms with van der Waals surface area (Å²) in [5.41, 5.74) is -0.580. The second kappa shape index (κ2) is 12.8. The summed E-state index contributed by atoms with van der Waals surface area (Å²) in [6, 6.07) is 0.0789. The molecule has 0 unspecified atom stereocenters. The number of anilines is 1. The Kier molecular flexibility index (Phi) is 10.4. The number of amides is 2. The quantitative estimate of drug-likeness (QED) is 0.0460. The van der Waals surface area contributed by atoms with E-state index in [4.69, 9.17) is 10.6 Å². The molecule has 1 aromatic rings. The molecule has 1 saturated heterocycles. The molecule has 1 aliphatic heterocycles. The molecule has 1 aromatic heterocycles. The van der Waals surface area contributed by atoms with Gasteiger partial charge >= 0.3 is 11.7 Å². The molecule has 2 rings (SSSR count). The number of nitrogens with one attached hydrogen (secondary N) is 1. The Labute approximate surface area is 205 Å². The van der Waals surface area contributed by atoms with Crippen LogP contribution in [0.2, 0.25) is 0 Å². The summed E-state index contributed by atoms with van der Waals surface area (Å²) < 4.78 is 6.45. The lowest BCUT2D eigenvalue weighted by Crippen LogP contribution is -2.52. The van der Waals surface area contributed by atoms with Gasteiger partial charge in [-0.2, -0.15) is 16.7 Å². The van der Waals surface area contributed by atoms with Crippen LogP contribution in [-0.2, 0) is 19.1 Å². The molecule has 2 amide bonds. The number of nitrogens with two attached hydrogens (primary N) is 1. The van der Waals surface area contributed by atoms with Crippen LogP contribution >= 0.6 is 11.8 Å². The Morgan fingerprint density at radius 1 is 1.43 bits per heavy atom. The third-order valence-electron chi connectivity index (χ3n) is 5.56. The fourth-order valence-corrected chi connectivity index (χ4v) is 4.15. The highest BCUT2D eigenvalue weighted by atomic mass is 32.2. The smallest absolute Gasteiger partial charge is 0.351 e. The number of carboxylic acids is 1. The number of hydrazine groups is 1. The second-order valence-corrected chi connectivity index (χ2v) is 9.32. The van der Waals surface area contributed by atoms with E-state index in [-0.39, 0.29) is 24.4 Å². The van der Waals surface area contributed by atoms with E-state index in [0.717, 1.165) is 21.1 Å². The van der Waals surface area contributed by atoms with Gasteiger partial charge in [0, 0.05) is 12.6 Å². The SMILES string of the molecule is C=C1[C@H](C(O)O)CO[C@H]1n1ccc(NC(=O)[C@@H](C(=O)O)[C@H](C)N(N)C(=O)CCCSCC)nc1=O. The van der Waals surface area contributed by atoms with Crippen molar-refractivity contribution in [1.82, 2.24) is 14.6 Å². The maximum Gasteiger partial charge on any atom is 0.351 e. The van der Waals surface area contributed by atoms with Crippen LogP contribution in [0.15, 0.2) is 29.2 Å². The Morgan fingerprint density at radius 3 is 2.66 bits per heavy atom. The average molecular weight is 514 g/mol. The first-order valence-corrected chi connectivity index (χ1v) is 12.1. The predicted octanol–water partition coefficient (Wildman–Crippen LogP) is -0.481. The van der Waals surface area contributed by atoms with Crippen LogP contribution in [-0.4, -0.2) is 78.1 Å². The number of ether oxygens (including phenoxy) is 1. The van der Waals surface area contributed by atoms with Gasteiger partial charge < -0.3 is 25.4 Å². The van der Waals surface area contributed by atoms with Gasteiger partial charge in [-0.25, -0.2) is 10.6 Å². The Hall–Kier alpha value is -2.78. The number of aliphatic carboxylic acids is 1. The highest BCUT2D eigenvalue weighted by Crippen LogP contribution is 2.33. The molecule has 4 atom stereocenters. The maximum atomic E-state index is 12.7. The number of aliphatic hydroxyl groups is 2. The van der Waals surface area contributed by atoms with E-state index in [1.165, 1.54) is 19.2 Å². The summed E-state index contributed by atoms with van der Waals surface area (Å²) in [5.74, 6) is 1.75. The molecule has 0 bridgehead atoms. The van der Waals surface area contributed by atoms with Crippen molar-refractivity contribution in [3.8, 4) is 0 Å². The molecule has 35 heavy (non-hydrogen) atoms. The van der Waals surface area contributed by atoms with E-state index in [1.54, 1.807) is 11.8 Å². The van der Waals surface area contributed by atoms with Crippen LogP contribution < -0.4 is 16.8 Å². The summed E-state index contributed by atoms with van der Waals surface area (Å²) in [6.07, 6.45) is -0.750. The third kappa shape index (κ3) is 7.11. The van der Waals surface area contributed by atoms with Crippen LogP contribution in [0.5, 0.6) is 0 Å². The lowest BCUT2D eigenvalue weighted by atomic mass is 9.99. The molecule has 6 N–H and O–H groups in total. The fourth-order valence-electron chi connectivity index (χ4n) is 3.52. The number of hydrogen-bond donors (Lipinski definition) is 5. The van der Waals surface area contributed by atoms with Crippen LogP contribution in [0.3, 0.4) is 0 Å². The Balaban J connectivity index is 2.09. The zero-order chi connectivity index (χ0) is 26.3. The number of rotatable bonds is 12. The number of hydrogen-bond acceptors (Lipinski definition) is 10. The summed E-state index contributed by atoms with van der Waals surface area (Å²) in [7, 11) is 0. The number of carbonyl (C=O) groups is 3. The largest absolute Gasteiger partial charge is 0.481 e. The molecule has 0 saturated carbocycles. The van der Waals surface area contributed by atoms with E-state index in [0.29, 0.717) is 6.42 Å². The Morgan fingerprint density at radius 2 is 2.11 bits per heavy atom. The number of aromatic nitrogens is 2. The van der Waals surface area contributed by atoms with Gasteiger partial charge in [-0.3, -0.25) is 24.0 Å². The average Bonchev–Trinajstić information content (AvgIpc) is 3.17.